The Morgan fingerprint density at radius 3 is 2.63 bits per heavy atom. The first-order valence-corrected chi connectivity index (χ1v) is 8.16. The fourth-order valence-corrected chi connectivity index (χ4v) is 4.30. The zero-order valence-electron chi connectivity index (χ0n) is 11.1. The van der Waals surface area contributed by atoms with Gasteiger partial charge in [-0.3, -0.25) is 0 Å². The number of nitrogens with two attached hydrogens (primary N) is 1. The first-order valence-electron chi connectivity index (χ1n) is 6.30. The van der Waals surface area contributed by atoms with Gasteiger partial charge in [-0.05, 0) is 36.5 Å². The molecular weight excluding hydrogens is 284 g/mol. The number of sulfonamides is 1. The number of anilines is 1. The number of rotatable bonds is 3. The molecule has 0 saturated heterocycles. The summed E-state index contributed by atoms with van der Waals surface area (Å²) in [6, 6.07) is 4.39. The summed E-state index contributed by atoms with van der Waals surface area (Å²) in [6.45, 7) is 4.16. The smallest absolute Gasteiger partial charge is 0.242 e. The summed E-state index contributed by atoms with van der Waals surface area (Å²) in [5.74, 6) is 0. The van der Waals surface area contributed by atoms with Crippen molar-refractivity contribution in [3.05, 3.63) is 23.2 Å². The maximum Gasteiger partial charge on any atom is 0.242 e. The van der Waals surface area contributed by atoms with Crippen molar-refractivity contribution < 1.29 is 8.42 Å². The molecule has 1 aliphatic carbocycles. The molecule has 0 bridgehead atoms. The average Bonchev–Trinajstić information content (AvgIpc) is 2.56. The lowest BCUT2D eigenvalue weighted by atomic mass is 9.88. The lowest BCUT2D eigenvalue weighted by molar-refractivity contribution is 0.313. The highest BCUT2D eigenvalue weighted by atomic mass is 35.5. The summed E-state index contributed by atoms with van der Waals surface area (Å²) in [7, 11) is -3.60. The molecule has 2 rings (SSSR count). The van der Waals surface area contributed by atoms with Crippen LogP contribution in [0.15, 0.2) is 23.1 Å². The largest absolute Gasteiger partial charge is 0.398 e. The van der Waals surface area contributed by atoms with Crippen LogP contribution in [0.3, 0.4) is 0 Å². The van der Waals surface area contributed by atoms with Crippen molar-refractivity contribution in [3.63, 3.8) is 0 Å². The van der Waals surface area contributed by atoms with Crippen molar-refractivity contribution in [1.82, 2.24) is 4.72 Å². The zero-order chi connectivity index (χ0) is 14.3. The monoisotopic (exact) mass is 302 g/mol. The first-order chi connectivity index (χ1) is 8.72. The van der Waals surface area contributed by atoms with E-state index in [9.17, 15) is 8.42 Å². The lowest BCUT2D eigenvalue weighted by Gasteiger charge is -2.27. The van der Waals surface area contributed by atoms with E-state index in [1.165, 1.54) is 18.2 Å². The van der Waals surface area contributed by atoms with Gasteiger partial charge in [0.25, 0.3) is 0 Å². The van der Waals surface area contributed by atoms with Gasteiger partial charge in [0, 0.05) is 11.1 Å². The number of nitrogens with one attached hydrogen (secondary N) is 1. The molecule has 1 atom stereocenters. The van der Waals surface area contributed by atoms with E-state index in [0.717, 1.165) is 19.3 Å². The Morgan fingerprint density at radius 1 is 1.42 bits per heavy atom. The van der Waals surface area contributed by atoms with Crippen LogP contribution >= 0.6 is 11.6 Å². The molecule has 4 nitrogen and oxygen atoms in total. The van der Waals surface area contributed by atoms with E-state index in [-0.39, 0.29) is 22.0 Å². The molecule has 1 aromatic rings. The number of nitrogen functional groups attached to an aromatic ring is 1. The summed E-state index contributed by atoms with van der Waals surface area (Å²) in [5, 5.41) is 0.428. The van der Waals surface area contributed by atoms with E-state index in [4.69, 9.17) is 17.3 Å². The molecule has 106 valence electrons. The predicted octanol–water partition coefficient (Wildman–Crippen LogP) is 2.78. The molecule has 6 heteroatoms. The summed E-state index contributed by atoms with van der Waals surface area (Å²) in [5.41, 5.74) is 5.90. The van der Waals surface area contributed by atoms with E-state index in [0.29, 0.717) is 5.02 Å². The molecule has 19 heavy (non-hydrogen) atoms. The maximum atomic E-state index is 12.4. The molecule has 1 saturated carbocycles. The molecule has 1 aromatic carbocycles. The van der Waals surface area contributed by atoms with Crippen LogP contribution < -0.4 is 10.5 Å². The van der Waals surface area contributed by atoms with E-state index >= 15 is 0 Å². The minimum absolute atomic E-state index is 0.0196. The molecule has 1 fully saturated rings. The highest BCUT2D eigenvalue weighted by molar-refractivity contribution is 7.89. The second-order valence-corrected chi connectivity index (χ2v) is 7.86. The zero-order valence-corrected chi connectivity index (χ0v) is 12.7. The van der Waals surface area contributed by atoms with Crippen molar-refractivity contribution in [1.29, 1.82) is 0 Å². The Morgan fingerprint density at radius 2 is 2.11 bits per heavy atom. The van der Waals surface area contributed by atoms with Crippen molar-refractivity contribution in [2.75, 3.05) is 5.73 Å². The first kappa shape index (κ1) is 14.6. The highest BCUT2D eigenvalue weighted by Crippen LogP contribution is 2.38. The predicted molar refractivity (Wildman–Crippen MR) is 77.6 cm³/mol. The SMILES string of the molecule is CC1(C)CCCC1NS(=O)(=O)c1ccc(Cl)cc1N. The molecule has 0 amide bonds. The summed E-state index contributed by atoms with van der Waals surface area (Å²) in [6.07, 6.45) is 2.92. The fourth-order valence-electron chi connectivity index (χ4n) is 2.56. The standard InChI is InChI=1S/C13H19ClN2O2S/c1-13(2)7-3-4-12(13)16-19(17,18)11-6-5-9(14)8-10(11)15/h5-6,8,12,16H,3-4,7,15H2,1-2H3. The Hall–Kier alpha value is -0.780. The van der Waals surface area contributed by atoms with E-state index in [1.54, 1.807) is 0 Å². The van der Waals surface area contributed by atoms with Gasteiger partial charge in [0.2, 0.25) is 10.0 Å². The topological polar surface area (TPSA) is 72.2 Å². The molecule has 1 unspecified atom stereocenters. The van der Waals surface area contributed by atoms with E-state index in [1.807, 2.05) is 0 Å². The normalized spacial score (nSPS) is 22.6. The molecule has 0 radical (unpaired) electrons. The van der Waals surface area contributed by atoms with Gasteiger partial charge in [-0.25, -0.2) is 13.1 Å². The number of benzene rings is 1. The number of halogens is 1. The minimum atomic E-state index is -3.60. The second kappa shape index (κ2) is 4.96. The minimum Gasteiger partial charge on any atom is -0.398 e. The molecular formula is C13H19ClN2O2S. The third-order valence-electron chi connectivity index (χ3n) is 3.82. The van der Waals surface area contributed by atoms with Crippen LogP contribution in [-0.4, -0.2) is 14.5 Å². The van der Waals surface area contributed by atoms with Gasteiger partial charge in [-0.2, -0.15) is 0 Å². The Bertz CT molecular complexity index is 584. The Labute approximate surface area is 119 Å². The van der Waals surface area contributed by atoms with Gasteiger partial charge in [0.15, 0.2) is 0 Å². The van der Waals surface area contributed by atoms with Crippen LogP contribution in [0.25, 0.3) is 0 Å². The highest BCUT2D eigenvalue weighted by Gasteiger charge is 2.37. The van der Waals surface area contributed by atoms with E-state index in [2.05, 4.69) is 18.6 Å². The maximum absolute atomic E-state index is 12.4. The summed E-state index contributed by atoms with van der Waals surface area (Å²) >= 11 is 5.79. The van der Waals surface area contributed by atoms with Crippen LogP contribution in [-0.2, 0) is 10.0 Å². The van der Waals surface area contributed by atoms with Crippen molar-refractivity contribution in [3.8, 4) is 0 Å². The molecule has 0 aromatic heterocycles. The molecule has 3 N–H and O–H groups in total. The third kappa shape index (κ3) is 3.04. The van der Waals surface area contributed by atoms with Crippen LogP contribution in [0.1, 0.15) is 33.1 Å². The number of hydrogen-bond donors (Lipinski definition) is 2. The number of hydrogen-bond acceptors (Lipinski definition) is 3. The van der Waals surface area contributed by atoms with Gasteiger partial charge in [-0.15, -0.1) is 0 Å². The van der Waals surface area contributed by atoms with Gasteiger partial charge >= 0.3 is 0 Å². The lowest BCUT2D eigenvalue weighted by Crippen LogP contribution is -2.41. The van der Waals surface area contributed by atoms with Crippen molar-refractivity contribution in [2.45, 2.75) is 44.0 Å². The van der Waals surface area contributed by atoms with Gasteiger partial charge in [0.1, 0.15) is 4.90 Å². The van der Waals surface area contributed by atoms with Crippen LogP contribution in [0, 0.1) is 5.41 Å². The summed E-state index contributed by atoms with van der Waals surface area (Å²) in [4.78, 5) is 0.0969. The fraction of sp³-hybridized carbons (Fsp3) is 0.538. The summed E-state index contributed by atoms with van der Waals surface area (Å²) < 4.78 is 27.5. The quantitative estimate of drug-likeness (QED) is 0.843. The van der Waals surface area contributed by atoms with Crippen LogP contribution in [0.4, 0.5) is 5.69 Å². The third-order valence-corrected chi connectivity index (χ3v) is 5.60. The molecule has 0 heterocycles. The van der Waals surface area contributed by atoms with Gasteiger partial charge in [-0.1, -0.05) is 31.9 Å². The van der Waals surface area contributed by atoms with Crippen LogP contribution in [0.2, 0.25) is 5.02 Å². The van der Waals surface area contributed by atoms with Crippen LogP contribution in [0.5, 0.6) is 0 Å². The Balaban J connectivity index is 2.28. The molecule has 0 aliphatic heterocycles. The van der Waals surface area contributed by atoms with E-state index < -0.39 is 10.0 Å². The second-order valence-electron chi connectivity index (χ2n) is 5.74. The molecule has 1 aliphatic rings. The van der Waals surface area contributed by atoms with Gasteiger partial charge in [0.05, 0.1) is 5.69 Å². The van der Waals surface area contributed by atoms with Gasteiger partial charge < -0.3 is 5.73 Å². The Kier molecular flexibility index (Phi) is 3.82. The average molecular weight is 303 g/mol. The molecule has 0 spiro atoms. The van der Waals surface area contributed by atoms with Crippen molar-refractivity contribution >= 4 is 27.3 Å². The van der Waals surface area contributed by atoms with Crippen molar-refractivity contribution in [2.24, 2.45) is 5.41 Å².